The summed E-state index contributed by atoms with van der Waals surface area (Å²) < 4.78 is 5.85. The molecule has 1 aliphatic heterocycles. The molecule has 2 N–H and O–H groups in total. The van der Waals surface area contributed by atoms with Crippen LogP contribution in [0.4, 0.5) is 5.69 Å². The first kappa shape index (κ1) is 12.2. The van der Waals surface area contributed by atoms with Crippen LogP contribution in [-0.4, -0.2) is 30.6 Å². The molecule has 0 amide bonds. The molecule has 0 spiro atoms. The molecular weight excluding hydrogens is 212 g/mol. The summed E-state index contributed by atoms with van der Waals surface area (Å²) in [6.07, 6.45) is 4.03. The SMILES string of the molecule is CC(CCN1CCCC1)Oc1cccc(N)c1. The molecule has 17 heavy (non-hydrogen) atoms. The summed E-state index contributed by atoms with van der Waals surface area (Å²) in [5.41, 5.74) is 6.48. The molecule has 1 unspecified atom stereocenters. The summed E-state index contributed by atoms with van der Waals surface area (Å²) in [4.78, 5) is 2.51. The van der Waals surface area contributed by atoms with Gasteiger partial charge in [-0.1, -0.05) is 6.07 Å². The first-order chi connectivity index (χ1) is 8.24. The summed E-state index contributed by atoms with van der Waals surface area (Å²) in [7, 11) is 0. The van der Waals surface area contributed by atoms with E-state index in [9.17, 15) is 0 Å². The van der Waals surface area contributed by atoms with E-state index in [-0.39, 0.29) is 6.10 Å². The molecule has 0 bridgehead atoms. The van der Waals surface area contributed by atoms with Crippen molar-refractivity contribution in [3.8, 4) is 5.75 Å². The highest BCUT2D eigenvalue weighted by molar-refractivity contribution is 5.43. The molecule has 1 fully saturated rings. The highest BCUT2D eigenvalue weighted by atomic mass is 16.5. The maximum Gasteiger partial charge on any atom is 0.121 e. The number of benzene rings is 1. The van der Waals surface area contributed by atoms with Gasteiger partial charge in [-0.25, -0.2) is 0 Å². The fourth-order valence-electron chi connectivity index (χ4n) is 2.25. The van der Waals surface area contributed by atoms with E-state index in [4.69, 9.17) is 10.5 Å². The summed E-state index contributed by atoms with van der Waals surface area (Å²) >= 11 is 0. The third-order valence-electron chi connectivity index (χ3n) is 3.25. The van der Waals surface area contributed by atoms with Gasteiger partial charge in [-0.15, -0.1) is 0 Å². The molecule has 1 aliphatic rings. The number of nitrogen functional groups attached to an aromatic ring is 1. The topological polar surface area (TPSA) is 38.5 Å². The van der Waals surface area contributed by atoms with Crippen molar-refractivity contribution in [2.75, 3.05) is 25.4 Å². The van der Waals surface area contributed by atoms with E-state index in [1.165, 1.54) is 25.9 Å². The number of nitrogens with two attached hydrogens (primary N) is 1. The molecule has 0 aliphatic carbocycles. The molecule has 0 aromatic heterocycles. The minimum Gasteiger partial charge on any atom is -0.491 e. The normalized spacial score (nSPS) is 18.2. The number of hydrogen-bond donors (Lipinski definition) is 1. The van der Waals surface area contributed by atoms with Crippen molar-refractivity contribution >= 4 is 5.69 Å². The standard InChI is InChI=1S/C14H22N2O/c1-12(7-10-16-8-2-3-9-16)17-14-6-4-5-13(15)11-14/h4-6,11-12H,2-3,7-10,15H2,1H3. The highest BCUT2D eigenvalue weighted by Crippen LogP contribution is 2.17. The zero-order chi connectivity index (χ0) is 12.1. The minimum absolute atomic E-state index is 0.248. The average Bonchev–Trinajstić information content (AvgIpc) is 2.79. The van der Waals surface area contributed by atoms with E-state index in [1.54, 1.807) is 0 Å². The number of rotatable bonds is 5. The van der Waals surface area contributed by atoms with Crippen molar-refractivity contribution < 1.29 is 4.74 Å². The summed E-state index contributed by atoms with van der Waals surface area (Å²) in [6, 6.07) is 7.65. The van der Waals surface area contributed by atoms with E-state index < -0.39 is 0 Å². The van der Waals surface area contributed by atoms with Crippen LogP contribution in [0.2, 0.25) is 0 Å². The van der Waals surface area contributed by atoms with E-state index in [0.29, 0.717) is 0 Å². The minimum atomic E-state index is 0.248. The molecular formula is C14H22N2O. The number of ether oxygens (including phenoxy) is 1. The quantitative estimate of drug-likeness (QED) is 0.796. The van der Waals surface area contributed by atoms with Gasteiger partial charge in [0.15, 0.2) is 0 Å². The molecule has 1 saturated heterocycles. The van der Waals surface area contributed by atoms with Gasteiger partial charge in [0.1, 0.15) is 5.75 Å². The Hall–Kier alpha value is -1.22. The lowest BCUT2D eigenvalue weighted by Gasteiger charge is -2.19. The van der Waals surface area contributed by atoms with Gasteiger partial charge in [-0.2, -0.15) is 0 Å². The van der Waals surface area contributed by atoms with Crippen LogP contribution in [0, 0.1) is 0 Å². The molecule has 1 atom stereocenters. The third-order valence-corrected chi connectivity index (χ3v) is 3.25. The molecule has 0 radical (unpaired) electrons. The van der Waals surface area contributed by atoms with E-state index in [2.05, 4.69) is 11.8 Å². The zero-order valence-corrected chi connectivity index (χ0v) is 10.6. The third kappa shape index (κ3) is 3.93. The fraction of sp³-hybridized carbons (Fsp3) is 0.571. The van der Waals surface area contributed by atoms with Crippen molar-refractivity contribution in [3.63, 3.8) is 0 Å². The van der Waals surface area contributed by atoms with E-state index >= 15 is 0 Å². The Kier molecular flexibility index (Phi) is 4.26. The molecule has 1 aromatic carbocycles. The van der Waals surface area contributed by atoms with Crippen molar-refractivity contribution in [3.05, 3.63) is 24.3 Å². The van der Waals surface area contributed by atoms with Crippen LogP contribution in [0.3, 0.4) is 0 Å². The lowest BCUT2D eigenvalue weighted by molar-refractivity contribution is 0.187. The van der Waals surface area contributed by atoms with E-state index in [0.717, 1.165) is 24.4 Å². The number of likely N-dealkylation sites (tertiary alicyclic amines) is 1. The zero-order valence-electron chi connectivity index (χ0n) is 10.6. The van der Waals surface area contributed by atoms with Gasteiger partial charge in [0.25, 0.3) is 0 Å². The second kappa shape index (κ2) is 5.92. The van der Waals surface area contributed by atoms with Crippen molar-refractivity contribution in [1.82, 2.24) is 4.90 Å². The van der Waals surface area contributed by atoms with Crippen LogP contribution in [0.5, 0.6) is 5.75 Å². The Morgan fingerprint density at radius 3 is 2.82 bits per heavy atom. The molecule has 3 heteroatoms. The molecule has 1 aromatic rings. The molecule has 2 rings (SSSR count). The van der Waals surface area contributed by atoms with Crippen molar-refractivity contribution in [2.24, 2.45) is 0 Å². The van der Waals surface area contributed by atoms with Crippen LogP contribution < -0.4 is 10.5 Å². The average molecular weight is 234 g/mol. The van der Waals surface area contributed by atoms with Crippen molar-refractivity contribution in [1.29, 1.82) is 0 Å². The predicted molar refractivity (Wildman–Crippen MR) is 71.2 cm³/mol. The predicted octanol–water partition coefficient (Wildman–Crippen LogP) is 2.52. The van der Waals surface area contributed by atoms with Gasteiger partial charge >= 0.3 is 0 Å². The number of hydrogen-bond acceptors (Lipinski definition) is 3. The number of nitrogens with zero attached hydrogens (tertiary/aromatic N) is 1. The van der Waals surface area contributed by atoms with Gasteiger partial charge in [-0.05, 0) is 51.4 Å². The maximum absolute atomic E-state index is 5.85. The van der Waals surface area contributed by atoms with Gasteiger partial charge in [-0.3, -0.25) is 0 Å². The maximum atomic E-state index is 5.85. The Labute approximate surface area is 104 Å². The lowest BCUT2D eigenvalue weighted by atomic mass is 10.2. The lowest BCUT2D eigenvalue weighted by Crippen LogP contribution is -2.25. The Morgan fingerprint density at radius 2 is 2.12 bits per heavy atom. The Morgan fingerprint density at radius 1 is 1.35 bits per heavy atom. The summed E-state index contributed by atoms with van der Waals surface area (Å²) in [5, 5.41) is 0. The van der Waals surface area contributed by atoms with Gasteiger partial charge in [0.2, 0.25) is 0 Å². The van der Waals surface area contributed by atoms with Crippen molar-refractivity contribution in [2.45, 2.75) is 32.3 Å². The van der Waals surface area contributed by atoms with Crippen LogP contribution in [0.1, 0.15) is 26.2 Å². The van der Waals surface area contributed by atoms with Gasteiger partial charge in [0, 0.05) is 18.3 Å². The smallest absolute Gasteiger partial charge is 0.121 e. The molecule has 1 heterocycles. The Bertz CT molecular complexity index is 348. The summed E-state index contributed by atoms with van der Waals surface area (Å²) in [6.45, 7) is 5.78. The fourth-order valence-corrected chi connectivity index (χ4v) is 2.25. The first-order valence-corrected chi connectivity index (χ1v) is 6.48. The first-order valence-electron chi connectivity index (χ1n) is 6.48. The molecule has 3 nitrogen and oxygen atoms in total. The highest BCUT2D eigenvalue weighted by Gasteiger charge is 2.13. The Balaban J connectivity index is 1.74. The second-order valence-corrected chi connectivity index (χ2v) is 4.84. The largest absolute Gasteiger partial charge is 0.491 e. The van der Waals surface area contributed by atoms with Gasteiger partial charge < -0.3 is 15.4 Å². The van der Waals surface area contributed by atoms with Crippen LogP contribution in [0.25, 0.3) is 0 Å². The van der Waals surface area contributed by atoms with Crippen LogP contribution >= 0.6 is 0 Å². The summed E-state index contributed by atoms with van der Waals surface area (Å²) in [5.74, 6) is 0.874. The molecule has 0 saturated carbocycles. The van der Waals surface area contributed by atoms with Crippen LogP contribution in [0.15, 0.2) is 24.3 Å². The second-order valence-electron chi connectivity index (χ2n) is 4.84. The van der Waals surface area contributed by atoms with Gasteiger partial charge in [0.05, 0.1) is 6.10 Å². The monoisotopic (exact) mass is 234 g/mol. The van der Waals surface area contributed by atoms with Crippen LogP contribution in [-0.2, 0) is 0 Å². The number of anilines is 1. The molecule has 94 valence electrons. The van der Waals surface area contributed by atoms with E-state index in [1.807, 2.05) is 24.3 Å².